The van der Waals surface area contributed by atoms with Crippen LogP contribution in [0.3, 0.4) is 0 Å². The number of fused-ring (bicyclic) bond motifs is 3. The molecule has 2 N–H and O–H groups in total. The number of hydrogen-bond acceptors (Lipinski definition) is 4. The van der Waals surface area contributed by atoms with Crippen molar-refractivity contribution in [2.24, 2.45) is 0 Å². The number of hydrogen-bond donors (Lipinski definition) is 2. The summed E-state index contributed by atoms with van der Waals surface area (Å²) >= 11 is 3.38. The number of aromatic amines is 1. The van der Waals surface area contributed by atoms with E-state index in [-0.39, 0.29) is 17.6 Å². The van der Waals surface area contributed by atoms with Crippen molar-refractivity contribution in [2.75, 3.05) is 0 Å². The van der Waals surface area contributed by atoms with Crippen molar-refractivity contribution in [3.8, 4) is 16.9 Å². The van der Waals surface area contributed by atoms with Gasteiger partial charge in [0.1, 0.15) is 11.3 Å². The van der Waals surface area contributed by atoms with Crippen molar-refractivity contribution in [1.29, 1.82) is 0 Å². The lowest BCUT2D eigenvalue weighted by Gasteiger charge is -2.08. The Bertz CT molecular complexity index is 1140. The van der Waals surface area contributed by atoms with Crippen LogP contribution in [0.15, 0.2) is 45.9 Å². The third kappa shape index (κ3) is 2.60. The van der Waals surface area contributed by atoms with Crippen LogP contribution in [0, 0.1) is 0 Å². The van der Waals surface area contributed by atoms with Gasteiger partial charge in [0.2, 0.25) is 0 Å². The second kappa shape index (κ2) is 6.10. The van der Waals surface area contributed by atoms with Crippen molar-refractivity contribution < 1.29 is 4.79 Å². The first kappa shape index (κ1) is 16.5. The lowest BCUT2D eigenvalue weighted by Crippen LogP contribution is -2.34. The monoisotopic (exact) mass is 414 g/mol. The van der Waals surface area contributed by atoms with Crippen LogP contribution >= 0.6 is 15.9 Å². The van der Waals surface area contributed by atoms with Gasteiger partial charge in [-0.25, -0.2) is 4.79 Å². The van der Waals surface area contributed by atoms with E-state index >= 15 is 0 Å². The number of carbonyl (C=O) groups is 1. The van der Waals surface area contributed by atoms with Gasteiger partial charge in [0, 0.05) is 16.7 Å². The number of benzene rings is 1. The summed E-state index contributed by atoms with van der Waals surface area (Å²) in [6, 6.07) is 6.93. The van der Waals surface area contributed by atoms with Gasteiger partial charge in [-0.15, -0.1) is 0 Å². The average molecular weight is 415 g/mol. The van der Waals surface area contributed by atoms with E-state index in [1.165, 1.54) is 15.6 Å². The molecule has 4 rings (SSSR count). The van der Waals surface area contributed by atoms with E-state index < -0.39 is 0 Å². The Morgan fingerprint density at radius 1 is 1.27 bits per heavy atom. The quantitative estimate of drug-likeness (QED) is 0.526. The molecule has 0 aliphatic carbocycles. The van der Waals surface area contributed by atoms with Gasteiger partial charge < -0.3 is 10.3 Å². The average Bonchev–Trinajstić information content (AvgIpc) is 3.17. The number of rotatable bonds is 2. The van der Waals surface area contributed by atoms with Gasteiger partial charge in [-0.1, -0.05) is 15.9 Å². The first-order valence-corrected chi connectivity index (χ1v) is 8.80. The van der Waals surface area contributed by atoms with E-state index in [0.717, 1.165) is 4.47 Å². The fourth-order valence-corrected chi connectivity index (χ4v) is 3.03. The van der Waals surface area contributed by atoms with Gasteiger partial charge in [0.25, 0.3) is 5.56 Å². The number of halogens is 1. The highest BCUT2D eigenvalue weighted by Gasteiger charge is 2.22. The van der Waals surface area contributed by atoms with Crippen LogP contribution in [0.1, 0.15) is 13.8 Å². The predicted molar refractivity (Wildman–Crippen MR) is 101 cm³/mol. The first-order chi connectivity index (χ1) is 12.5. The summed E-state index contributed by atoms with van der Waals surface area (Å²) in [6.45, 7) is 3.74. The molecule has 8 nitrogen and oxygen atoms in total. The van der Waals surface area contributed by atoms with Gasteiger partial charge in [0.05, 0.1) is 22.8 Å². The third-order valence-corrected chi connectivity index (χ3v) is 4.46. The van der Waals surface area contributed by atoms with E-state index in [0.29, 0.717) is 28.0 Å². The van der Waals surface area contributed by atoms with Gasteiger partial charge in [-0.3, -0.25) is 4.79 Å². The van der Waals surface area contributed by atoms with Crippen molar-refractivity contribution in [3.05, 3.63) is 51.5 Å². The molecule has 0 atom stereocenters. The van der Waals surface area contributed by atoms with Crippen LogP contribution in [0.4, 0.5) is 4.79 Å². The van der Waals surface area contributed by atoms with Crippen molar-refractivity contribution in [1.82, 2.24) is 29.9 Å². The minimum absolute atomic E-state index is 0.0182. The van der Waals surface area contributed by atoms with E-state index in [9.17, 15) is 9.59 Å². The Morgan fingerprint density at radius 3 is 2.69 bits per heavy atom. The Hall–Kier alpha value is -2.94. The van der Waals surface area contributed by atoms with Crippen LogP contribution in [-0.4, -0.2) is 36.6 Å². The molecule has 1 aromatic carbocycles. The molecule has 132 valence electrons. The lowest BCUT2D eigenvalue weighted by molar-refractivity contribution is 0.238. The molecule has 26 heavy (non-hydrogen) atoms. The molecule has 0 fully saturated rings. The second-order valence-electron chi connectivity index (χ2n) is 6.17. The van der Waals surface area contributed by atoms with Crippen LogP contribution < -0.4 is 10.9 Å². The first-order valence-electron chi connectivity index (χ1n) is 8.00. The minimum Gasteiger partial charge on any atom is -0.345 e. The molecule has 0 saturated carbocycles. The number of carbonyl (C=O) groups excluding carboxylic acids is 1. The van der Waals surface area contributed by atoms with E-state index in [2.05, 4.69) is 36.4 Å². The fourth-order valence-electron chi connectivity index (χ4n) is 2.76. The minimum atomic E-state index is -0.347. The predicted octanol–water partition coefficient (Wildman–Crippen LogP) is 2.74. The standard InChI is InChI=1S/C17H15BrN6O2/c1-9(2)21-17(26)24-15-12(8-20-24)14-13(7-19-15)16(25)23(22-14)11-5-3-10(18)4-6-11/h3-9,19H,1-2H3,(H,21,26). The Kier molecular flexibility index (Phi) is 3.87. The molecule has 2 aliphatic heterocycles. The second-order valence-corrected chi connectivity index (χ2v) is 7.08. The maximum atomic E-state index is 12.7. The van der Waals surface area contributed by atoms with Gasteiger partial charge in [0.15, 0.2) is 0 Å². The molecular weight excluding hydrogens is 400 g/mol. The summed E-state index contributed by atoms with van der Waals surface area (Å²) in [4.78, 5) is 28.0. The van der Waals surface area contributed by atoms with Gasteiger partial charge >= 0.3 is 6.03 Å². The molecule has 0 radical (unpaired) electrons. The summed E-state index contributed by atoms with van der Waals surface area (Å²) in [7, 11) is 0. The molecule has 3 heterocycles. The smallest absolute Gasteiger partial charge is 0.344 e. The maximum absolute atomic E-state index is 12.7. The van der Waals surface area contributed by atoms with Crippen LogP contribution in [0.25, 0.3) is 28.0 Å². The Morgan fingerprint density at radius 2 is 2.00 bits per heavy atom. The zero-order valence-electron chi connectivity index (χ0n) is 14.0. The largest absolute Gasteiger partial charge is 0.345 e. The molecule has 0 spiro atoms. The Balaban J connectivity index is 1.89. The number of amides is 1. The zero-order chi connectivity index (χ0) is 18.4. The highest BCUT2D eigenvalue weighted by molar-refractivity contribution is 9.10. The molecule has 0 bridgehead atoms. The van der Waals surface area contributed by atoms with Crippen molar-refractivity contribution >= 4 is 33.0 Å². The number of aromatic nitrogens is 5. The molecular formula is C17H15BrN6O2. The number of nitrogens with one attached hydrogen (secondary N) is 2. The summed E-state index contributed by atoms with van der Waals surface area (Å²) in [5, 5.41) is 12.0. The summed E-state index contributed by atoms with van der Waals surface area (Å²) < 4.78 is 3.49. The maximum Gasteiger partial charge on any atom is 0.344 e. The van der Waals surface area contributed by atoms with E-state index in [1.54, 1.807) is 18.3 Å². The Labute approximate surface area is 156 Å². The zero-order valence-corrected chi connectivity index (χ0v) is 15.6. The topological polar surface area (TPSA) is 97.6 Å². The third-order valence-electron chi connectivity index (χ3n) is 3.93. The van der Waals surface area contributed by atoms with Crippen LogP contribution in [0.2, 0.25) is 0 Å². The highest BCUT2D eigenvalue weighted by atomic mass is 79.9. The van der Waals surface area contributed by atoms with E-state index in [4.69, 9.17) is 0 Å². The van der Waals surface area contributed by atoms with Crippen molar-refractivity contribution in [3.63, 3.8) is 0 Å². The summed E-state index contributed by atoms with van der Waals surface area (Å²) in [5.74, 6) is 0. The van der Waals surface area contributed by atoms with Crippen LogP contribution in [-0.2, 0) is 0 Å². The summed E-state index contributed by atoms with van der Waals surface area (Å²) in [6.07, 6.45) is 3.09. The molecule has 9 heteroatoms. The molecule has 0 unspecified atom stereocenters. The lowest BCUT2D eigenvalue weighted by atomic mass is 10.2. The fraction of sp³-hybridized carbons (Fsp3) is 0.176. The van der Waals surface area contributed by atoms with Crippen LogP contribution in [0.5, 0.6) is 0 Å². The van der Waals surface area contributed by atoms with E-state index in [1.807, 2.05) is 26.0 Å². The normalized spacial score (nSPS) is 11.5. The summed E-state index contributed by atoms with van der Waals surface area (Å²) in [5.41, 5.74) is 1.84. The van der Waals surface area contributed by atoms with Gasteiger partial charge in [-0.2, -0.15) is 19.6 Å². The molecule has 2 aromatic rings. The SMILES string of the molecule is CC(C)NC(=O)n1ncc2c3nn(-c4ccc(Br)cc4)c(=O)c-3c[nH]c21. The van der Waals surface area contributed by atoms with Crippen molar-refractivity contribution in [2.45, 2.75) is 19.9 Å². The number of H-pyrrole nitrogens is 1. The molecule has 0 saturated heterocycles. The number of nitrogens with zero attached hydrogens (tertiary/aromatic N) is 4. The molecule has 2 aliphatic rings. The number of pyridine rings is 1. The van der Waals surface area contributed by atoms with Gasteiger partial charge in [-0.05, 0) is 38.1 Å². The molecule has 1 aromatic heterocycles. The highest BCUT2D eigenvalue weighted by Crippen LogP contribution is 2.26. The molecule has 1 amide bonds.